The lowest BCUT2D eigenvalue weighted by Crippen LogP contribution is -2.24. The molecule has 0 spiro atoms. The van der Waals surface area contributed by atoms with E-state index in [-0.39, 0.29) is 12.0 Å². The number of rotatable bonds is 8. The van der Waals surface area contributed by atoms with Gasteiger partial charge in [-0.1, -0.05) is 42.5 Å². The number of hydrogen-bond acceptors (Lipinski definition) is 4. The fourth-order valence-electron chi connectivity index (χ4n) is 5.14. The smallest absolute Gasteiger partial charge is 0.257 e. The van der Waals surface area contributed by atoms with Gasteiger partial charge in [0.1, 0.15) is 6.10 Å². The highest BCUT2D eigenvalue weighted by Gasteiger charge is 2.23. The zero-order valence-corrected chi connectivity index (χ0v) is 22.0. The van der Waals surface area contributed by atoms with Crippen molar-refractivity contribution in [2.24, 2.45) is 5.92 Å². The Labute approximate surface area is 225 Å². The number of amides is 1. The van der Waals surface area contributed by atoms with Crippen molar-refractivity contribution in [1.82, 2.24) is 9.97 Å². The third-order valence-electron chi connectivity index (χ3n) is 7.38. The maximum Gasteiger partial charge on any atom is 0.257 e. The molecule has 0 aliphatic heterocycles. The minimum absolute atomic E-state index is 0.179. The molecule has 2 aliphatic carbocycles. The van der Waals surface area contributed by atoms with Gasteiger partial charge in [0.15, 0.2) is 0 Å². The number of carbonyl (C=O) groups is 1. The second-order valence-corrected chi connectivity index (χ2v) is 10.3. The molecule has 1 N–H and O–H groups in total. The molecule has 0 atom stereocenters. The summed E-state index contributed by atoms with van der Waals surface area (Å²) in [6, 6.07) is 15.5. The summed E-state index contributed by atoms with van der Waals surface area (Å²) in [6.45, 7) is 6.21. The lowest BCUT2D eigenvalue weighted by molar-refractivity contribution is 0.102. The molecule has 1 fully saturated rings. The second kappa shape index (κ2) is 12.0. The first-order chi connectivity index (χ1) is 18.5. The Morgan fingerprint density at radius 3 is 2.58 bits per heavy atom. The molecule has 2 heterocycles. The molecule has 2 aliphatic rings. The van der Waals surface area contributed by atoms with Crippen LogP contribution in [-0.2, 0) is 6.42 Å². The van der Waals surface area contributed by atoms with Crippen LogP contribution < -0.4 is 10.1 Å². The van der Waals surface area contributed by atoms with Crippen molar-refractivity contribution in [1.29, 1.82) is 0 Å². The highest BCUT2D eigenvalue weighted by Crippen LogP contribution is 2.31. The predicted molar refractivity (Wildman–Crippen MR) is 153 cm³/mol. The highest BCUT2D eigenvalue weighted by molar-refractivity contribution is 6.04. The lowest BCUT2D eigenvalue weighted by Gasteiger charge is -2.28. The molecule has 1 saturated carbocycles. The Kier molecular flexibility index (Phi) is 8.12. The van der Waals surface area contributed by atoms with Gasteiger partial charge in [-0.3, -0.25) is 9.78 Å². The van der Waals surface area contributed by atoms with Gasteiger partial charge in [0.25, 0.3) is 5.91 Å². The number of nitrogens with one attached hydrogen (secondary N) is 1. The summed E-state index contributed by atoms with van der Waals surface area (Å²) in [5.41, 5.74) is 6.71. The van der Waals surface area contributed by atoms with Gasteiger partial charge in [0.05, 0.1) is 11.3 Å². The van der Waals surface area contributed by atoms with Crippen LogP contribution in [-0.4, -0.2) is 22.0 Å². The van der Waals surface area contributed by atoms with E-state index >= 15 is 0 Å². The van der Waals surface area contributed by atoms with Gasteiger partial charge in [0.2, 0.25) is 5.88 Å². The maximum atomic E-state index is 12.8. The normalized spacial score (nSPS) is 18.9. The van der Waals surface area contributed by atoms with Crippen LogP contribution in [0.15, 0.2) is 96.9 Å². The summed E-state index contributed by atoms with van der Waals surface area (Å²) in [5.74, 6) is 1.08. The van der Waals surface area contributed by atoms with E-state index in [9.17, 15) is 4.79 Å². The van der Waals surface area contributed by atoms with Gasteiger partial charge < -0.3 is 10.1 Å². The van der Waals surface area contributed by atoms with E-state index in [0.717, 1.165) is 61.9 Å². The summed E-state index contributed by atoms with van der Waals surface area (Å²) in [5, 5.41) is 3.00. The third-order valence-corrected chi connectivity index (χ3v) is 7.38. The van der Waals surface area contributed by atoms with Gasteiger partial charge in [0, 0.05) is 29.7 Å². The standard InChI is InChI=1S/C33H35N3O2/c1-23(2)26-11-15-30(16-12-26)38-32-18-14-27(21-35-32)31-17-13-28(22-34-31)33(37)36-29-10-6-9-25(20-29)19-24-7-4-3-5-8-24/h4,6-10,13-14,17-18,20-22,26,30H,1,3,5,11-12,15-16,19H2,2H3,(H,36,37). The van der Waals surface area contributed by atoms with E-state index in [1.54, 1.807) is 18.5 Å². The van der Waals surface area contributed by atoms with Crippen LogP contribution in [0.5, 0.6) is 5.88 Å². The van der Waals surface area contributed by atoms with Crippen molar-refractivity contribution < 1.29 is 9.53 Å². The first-order valence-electron chi connectivity index (χ1n) is 13.5. The lowest BCUT2D eigenvalue weighted by atomic mass is 9.83. The van der Waals surface area contributed by atoms with Crippen molar-refractivity contribution in [2.75, 3.05) is 5.32 Å². The van der Waals surface area contributed by atoms with Gasteiger partial charge in [-0.25, -0.2) is 4.98 Å². The molecule has 0 bridgehead atoms. The molecule has 0 unspecified atom stereocenters. The van der Waals surface area contributed by atoms with Gasteiger partial charge >= 0.3 is 0 Å². The number of benzene rings is 1. The Balaban J connectivity index is 1.16. The van der Waals surface area contributed by atoms with Crippen LogP contribution >= 0.6 is 0 Å². The monoisotopic (exact) mass is 505 g/mol. The van der Waals surface area contributed by atoms with E-state index < -0.39 is 0 Å². The molecule has 1 aromatic carbocycles. The predicted octanol–water partition coefficient (Wildman–Crippen LogP) is 7.73. The summed E-state index contributed by atoms with van der Waals surface area (Å²) in [7, 11) is 0. The van der Waals surface area contributed by atoms with Crippen LogP contribution in [0.4, 0.5) is 5.69 Å². The summed E-state index contributed by atoms with van der Waals surface area (Å²) < 4.78 is 6.11. The first kappa shape index (κ1) is 25.7. The molecule has 5 nitrogen and oxygen atoms in total. The summed E-state index contributed by atoms with van der Waals surface area (Å²) in [4.78, 5) is 21.9. The number of aromatic nitrogens is 2. The number of hydrogen-bond donors (Lipinski definition) is 1. The third kappa shape index (κ3) is 6.65. The topological polar surface area (TPSA) is 64.1 Å². The number of pyridine rings is 2. The zero-order valence-electron chi connectivity index (χ0n) is 22.0. The quantitative estimate of drug-likeness (QED) is 0.318. The van der Waals surface area contributed by atoms with Crippen LogP contribution in [0.2, 0.25) is 0 Å². The van der Waals surface area contributed by atoms with Crippen LogP contribution in [0.3, 0.4) is 0 Å². The molecule has 5 heteroatoms. The summed E-state index contributed by atoms with van der Waals surface area (Å²) in [6.07, 6.45) is 17.7. The Morgan fingerprint density at radius 2 is 1.89 bits per heavy atom. The average molecular weight is 506 g/mol. The highest BCUT2D eigenvalue weighted by atomic mass is 16.5. The van der Waals surface area contributed by atoms with E-state index in [2.05, 4.69) is 53.1 Å². The van der Waals surface area contributed by atoms with Crippen molar-refractivity contribution in [2.45, 2.75) is 58.0 Å². The zero-order chi connectivity index (χ0) is 26.3. The van der Waals surface area contributed by atoms with E-state index in [1.165, 1.54) is 16.7 Å². The van der Waals surface area contributed by atoms with Crippen molar-refractivity contribution >= 4 is 11.6 Å². The Hall–Kier alpha value is -3.99. The molecule has 5 rings (SSSR count). The molecule has 3 aromatic rings. The molecule has 2 aromatic heterocycles. The Bertz CT molecular complexity index is 1330. The number of allylic oxidation sites excluding steroid dienone is 5. The van der Waals surface area contributed by atoms with E-state index in [0.29, 0.717) is 17.4 Å². The molecular formula is C33H35N3O2. The van der Waals surface area contributed by atoms with Crippen molar-refractivity contribution in [3.05, 3.63) is 108 Å². The van der Waals surface area contributed by atoms with Crippen molar-refractivity contribution in [3.63, 3.8) is 0 Å². The number of carbonyl (C=O) groups excluding carboxylic acids is 1. The maximum absolute atomic E-state index is 12.8. The largest absolute Gasteiger partial charge is 0.474 e. The van der Waals surface area contributed by atoms with Crippen LogP contribution in [0, 0.1) is 5.92 Å². The van der Waals surface area contributed by atoms with Gasteiger partial charge in [-0.15, -0.1) is 0 Å². The second-order valence-electron chi connectivity index (χ2n) is 10.3. The number of anilines is 1. The van der Waals surface area contributed by atoms with Crippen LogP contribution in [0.25, 0.3) is 11.3 Å². The first-order valence-corrected chi connectivity index (χ1v) is 13.5. The fraction of sp³-hybridized carbons (Fsp3) is 0.303. The molecule has 38 heavy (non-hydrogen) atoms. The number of ether oxygens (including phenoxy) is 1. The minimum Gasteiger partial charge on any atom is -0.474 e. The van der Waals surface area contributed by atoms with Gasteiger partial charge in [-0.2, -0.15) is 0 Å². The minimum atomic E-state index is -0.179. The van der Waals surface area contributed by atoms with Crippen molar-refractivity contribution in [3.8, 4) is 17.1 Å². The fourth-order valence-corrected chi connectivity index (χ4v) is 5.14. The Morgan fingerprint density at radius 1 is 1.03 bits per heavy atom. The molecule has 0 saturated heterocycles. The van der Waals surface area contributed by atoms with E-state index in [1.807, 2.05) is 36.4 Å². The molecule has 0 radical (unpaired) electrons. The average Bonchev–Trinajstić information content (AvgIpc) is 2.95. The SMILES string of the molecule is C=C(C)C1CCC(Oc2ccc(-c3ccc(C(=O)Nc4cccc(CC5=CCCC=C5)c4)cn3)cn2)CC1. The summed E-state index contributed by atoms with van der Waals surface area (Å²) >= 11 is 0. The van der Waals surface area contributed by atoms with Gasteiger partial charge in [-0.05, 0) is 99.3 Å². The van der Waals surface area contributed by atoms with Crippen LogP contribution in [0.1, 0.15) is 61.4 Å². The molecule has 194 valence electrons. The van der Waals surface area contributed by atoms with E-state index in [4.69, 9.17) is 4.74 Å². The molecule has 1 amide bonds. The molecular weight excluding hydrogens is 470 g/mol. The number of nitrogens with zero attached hydrogens (tertiary/aromatic N) is 2.